The maximum absolute atomic E-state index is 11.1. The summed E-state index contributed by atoms with van der Waals surface area (Å²) in [6.07, 6.45) is 0.901. The van der Waals surface area contributed by atoms with Crippen LogP contribution in [0.5, 0.6) is 11.5 Å². The second-order valence-electron chi connectivity index (χ2n) is 8.84. The highest BCUT2D eigenvalue weighted by Gasteiger charge is 2.26. The third-order valence-corrected chi connectivity index (χ3v) is 6.70. The van der Waals surface area contributed by atoms with Crippen LogP contribution in [0.15, 0.2) is 54.6 Å². The molecular weight excluding hydrogens is 442 g/mol. The molecule has 2 N–H and O–H groups in total. The molecule has 4 aromatic rings. The zero-order valence-electron chi connectivity index (χ0n) is 20.2. The third kappa shape index (κ3) is 4.30. The summed E-state index contributed by atoms with van der Waals surface area (Å²) in [6.45, 7) is 5.33. The second kappa shape index (κ2) is 9.33. The van der Waals surface area contributed by atoms with Gasteiger partial charge >= 0.3 is 5.97 Å². The van der Waals surface area contributed by atoms with Crippen molar-refractivity contribution in [2.24, 2.45) is 0 Å². The molecule has 0 saturated heterocycles. The second-order valence-corrected chi connectivity index (χ2v) is 8.84. The summed E-state index contributed by atoms with van der Waals surface area (Å²) in [5.41, 5.74) is 7.37. The Morgan fingerprint density at radius 2 is 2.09 bits per heavy atom. The van der Waals surface area contributed by atoms with E-state index in [1.165, 1.54) is 11.1 Å². The minimum atomic E-state index is -0.806. The highest BCUT2D eigenvalue weighted by atomic mass is 16.5. The number of aromatic nitrogens is 2. The zero-order chi connectivity index (χ0) is 24.5. The van der Waals surface area contributed by atoms with Crippen molar-refractivity contribution in [3.63, 3.8) is 0 Å². The standard InChI is InChI=1S/C28H29N3O4/c1-4-27-30-23-14-21(34-3)9-11-25(23)31(27)24-7-5-6-18(17(24)2)15-29-20-8-10-22-19(12-28(32)33)16-35-26(22)13-20/h5-11,13-14,19,29H,4,12,15-16H2,1-3H3,(H,32,33)/t19-/m1/s1. The molecule has 180 valence electrons. The van der Waals surface area contributed by atoms with Crippen molar-refractivity contribution in [2.45, 2.75) is 39.2 Å². The molecule has 0 saturated carbocycles. The fraction of sp³-hybridized carbons (Fsp3) is 0.286. The van der Waals surface area contributed by atoms with E-state index in [2.05, 4.69) is 48.0 Å². The molecule has 2 heterocycles. The van der Waals surface area contributed by atoms with Crippen LogP contribution in [0.4, 0.5) is 5.69 Å². The van der Waals surface area contributed by atoms with Crippen LogP contribution in [0.1, 0.15) is 41.8 Å². The number of carboxylic acids is 1. The fourth-order valence-electron chi connectivity index (χ4n) is 4.81. The molecule has 1 atom stereocenters. The number of anilines is 1. The van der Waals surface area contributed by atoms with Crippen LogP contribution in [0, 0.1) is 6.92 Å². The summed E-state index contributed by atoms with van der Waals surface area (Å²) in [6, 6.07) is 18.3. The van der Waals surface area contributed by atoms with E-state index >= 15 is 0 Å². The van der Waals surface area contributed by atoms with Crippen LogP contribution >= 0.6 is 0 Å². The highest BCUT2D eigenvalue weighted by molar-refractivity contribution is 5.80. The number of benzene rings is 3. The average molecular weight is 472 g/mol. The van der Waals surface area contributed by atoms with E-state index in [0.717, 1.165) is 51.7 Å². The maximum atomic E-state index is 11.1. The van der Waals surface area contributed by atoms with Gasteiger partial charge in [-0.25, -0.2) is 4.98 Å². The number of aliphatic carboxylic acids is 1. The summed E-state index contributed by atoms with van der Waals surface area (Å²) in [5.74, 6) is 1.67. The Labute approximate surface area is 204 Å². The molecule has 0 unspecified atom stereocenters. The monoisotopic (exact) mass is 471 g/mol. The van der Waals surface area contributed by atoms with Gasteiger partial charge in [-0.1, -0.05) is 25.1 Å². The fourth-order valence-corrected chi connectivity index (χ4v) is 4.81. The molecule has 0 radical (unpaired) electrons. The van der Waals surface area contributed by atoms with Crippen molar-refractivity contribution in [1.82, 2.24) is 9.55 Å². The molecule has 7 heteroatoms. The zero-order valence-corrected chi connectivity index (χ0v) is 20.2. The Balaban J connectivity index is 1.41. The first-order chi connectivity index (χ1) is 17.0. The number of fused-ring (bicyclic) bond motifs is 2. The van der Waals surface area contributed by atoms with Crippen LogP contribution in [0.2, 0.25) is 0 Å². The van der Waals surface area contributed by atoms with Gasteiger partial charge in [0.25, 0.3) is 0 Å². The molecule has 1 aromatic heterocycles. The molecule has 1 aliphatic heterocycles. The summed E-state index contributed by atoms with van der Waals surface area (Å²) < 4.78 is 13.4. The Bertz CT molecular complexity index is 1410. The molecule has 5 rings (SSSR count). The van der Waals surface area contributed by atoms with E-state index in [9.17, 15) is 4.79 Å². The number of hydrogen-bond acceptors (Lipinski definition) is 5. The summed E-state index contributed by atoms with van der Waals surface area (Å²) >= 11 is 0. The van der Waals surface area contributed by atoms with Gasteiger partial charge < -0.3 is 19.9 Å². The molecule has 0 bridgehead atoms. The van der Waals surface area contributed by atoms with E-state index in [4.69, 9.17) is 19.6 Å². The number of methoxy groups -OCH3 is 1. The van der Waals surface area contributed by atoms with Crippen LogP contribution < -0.4 is 14.8 Å². The SMILES string of the molecule is CCc1nc2cc(OC)ccc2n1-c1cccc(CNc2ccc3c(c2)OC[C@H]3CC(=O)O)c1C. The summed E-state index contributed by atoms with van der Waals surface area (Å²) in [5, 5.41) is 12.6. The molecule has 0 spiro atoms. The van der Waals surface area contributed by atoms with Gasteiger partial charge in [0.15, 0.2) is 0 Å². The lowest BCUT2D eigenvalue weighted by Gasteiger charge is -2.16. The van der Waals surface area contributed by atoms with Crippen LogP contribution in [0.3, 0.4) is 0 Å². The normalized spacial score (nSPS) is 14.5. The van der Waals surface area contributed by atoms with Gasteiger partial charge in [0, 0.05) is 42.3 Å². The minimum absolute atomic E-state index is 0.0845. The van der Waals surface area contributed by atoms with Crippen molar-refractivity contribution < 1.29 is 19.4 Å². The van der Waals surface area contributed by atoms with Crippen LogP contribution in [0.25, 0.3) is 16.7 Å². The number of nitrogens with zero attached hydrogens (tertiary/aromatic N) is 2. The first kappa shape index (κ1) is 22.8. The minimum Gasteiger partial charge on any atom is -0.497 e. The van der Waals surface area contributed by atoms with Gasteiger partial charge in [0.1, 0.15) is 17.3 Å². The topological polar surface area (TPSA) is 85.6 Å². The van der Waals surface area contributed by atoms with E-state index < -0.39 is 5.97 Å². The Hall–Kier alpha value is -4.00. The first-order valence-electron chi connectivity index (χ1n) is 11.8. The summed E-state index contributed by atoms with van der Waals surface area (Å²) in [7, 11) is 1.67. The number of carbonyl (C=O) groups is 1. The molecule has 35 heavy (non-hydrogen) atoms. The van der Waals surface area contributed by atoms with E-state index in [-0.39, 0.29) is 12.3 Å². The van der Waals surface area contributed by atoms with E-state index in [1.54, 1.807) is 7.11 Å². The van der Waals surface area contributed by atoms with Gasteiger partial charge in [-0.15, -0.1) is 0 Å². The number of imidazole rings is 1. The van der Waals surface area contributed by atoms with Crippen molar-refractivity contribution in [1.29, 1.82) is 0 Å². The first-order valence-corrected chi connectivity index (χ1v) is 11.8. The van der Waals surface area contributed by atoms with Crippen molar-refractivity contribution in [2.75, 3.05) is 19.0 Å². The number of nitrogens with one attached hydrogen (secondary N) is 1. The third-order valence-electron chi connectivity index (χ3n) is 6.70. The van der Waals surface area contributed by atoms with Crippen molar-refractivity contribution >= 4 is 22.7 Å². The molecule has 0 amide bonds. The molecule has 3 aromatic carbocycles. The Morgan fingerprint density at radius 1 is 1.23 bits per heavy atom. The lowest BCUT2D eigenvalue weighted by Crippen LogP contribution is -2.07. The largest absolute Gasteiger partial charge is 0.497 e. The van der Waals surface area contributed by atoms with E-state index in [0.29, 0.717) is 13.2 Å². The van der Waals surface area contributed by atoms with Crippen LogP contribution in [-0.4, -0.2) is 34.3 Å². The lowest BCUT2D eigenvalue weighted by atomic mass is 9.98. The molecular formula is C28H29N3O4. The lowest BCUT2D eigenvalue weighted by molar-refractivity contribution is -0.137. The predicted octanol–water partition coefficient (Wildman–Crippen LogP) is 5.47. The van der Waals surface area contributed by atoms with Gasteiger partial charge in [-0.05, 0) is 42.3 Å². The van der Waals surface area contributed by atoms with Crippen LogP contribution in [-0.2, 0) is 17.8 Å². The Kier molecular flexibility index (Phi) is 6.07. The average Bonchev–Trinajstić information content (AvgIpc) is 3.43. The van der Waals surface area contributed by atoms with Gasteiger partial charge in [-0.2, -0.15) is 0 Å². The molecule has 0 fully saturated rings. The molecule has 7 nitrogen and oxygen atoms in total. The molecule has 1 aliphatic rings. The smallest absolute Gasteiger partial charge is 0.304 e. The van der Waals surface area contributed by atoms with Crippen molar-refractivity contribution in [3.05, 3.63) is 77.1 Å². The number of hydrogen-bond donors (Lipinski definition) is 2. The van der Waals surface area contributed by atoms with Gasteiger partial charge in [0.2, 0.25) is 0 Å². The number of rotatable bonds is 8. The highest BCUT2D eigenvalue weighted by Crippen LogP contribution is 2.38. The van der Waals surface area contributed by atoms with Crippen molar-refractivity contribution in [3.8, 4) is 17.2 Å². The van der Waals surface area contributed by atoms with E-state index in [1.807, 2.05) is 30.3 Å². The quantitative estimate of drug-likeness (QED) is 0.355. The Morgan fingerprint density at radius 3 is 2.86 bits per heavy atom. The van der Waals surface area contributed by atoms with Gasteiger partial charge in [-0.3, -0.25) is 9.36 Å². The number of carboxylic acid groups (broad SMARTS) is 1. The maximum Gasteiger partial charge on any atom is 0.304 e. The summed E-state index contributed by atoms with van der Waals surface area (Å²) in [4.78, 5) is 16.0. The van der Waals surface area contributed by atoms with Gasteiger partial charge in [0.05, 0.1) is 36.9 Å². The number of ether oxygens (including phenoxy) is 2. The number of aryl methyl sites for hydroxylation is 1. The molecule has 0 aliphatic carbocycles. The predicted molar refractivity (Wildman–Crippen MR) is 136 cm³/mol.